The number of carbonyl (C=O) groups is 2. The summed E-state index contributed by atoms with van der Waals surface area (Å²) in [5.74, 6) is 1.39. The van der Waals surface area contributed by atoms with E-state index in [9.17, 15) is 9.59 Å². The molecule has 1 N–H and O–H groups in total. The van der Waals surface area contributed by atoms with Crippen LogP contribution in [-0.4, -0.2) is 36.4 Å². The molecule has 1 aliphatic carbocycles. The summed E-state index contributed by atoms with van der Waals surface area (Å²) in [4.78, 5) is 27.2. The number of rotatable bonds is 7. The molecule has 2 amide bonds. The van der Waals surface area contributed by atoms with E-state index in [2.05, 4.69) is 56.4 Å². The molecule has 1 fully saturated rings. The molecule has 1 aliphatic heterocycles. The maximum atomic E-state index is 13.1. The third kappa shape index (κ3) is 5.09. The molecular formula is C26H32N2O3. The Hall–Kier alpha value is -2.82. The van der Waals surface area contributed by atoms with Gasteiger partial charge in [-0.05, 0) is 60.9 Å². The summed E-state index contributed by atoms with van der Waals surface area (Å²) in [6.45, 7) is 7.56. The summed E-state index contributed by atoms with van der Waals surface area (Å²) in [5, 5.41) is 2.88. The Morgan fingerprint density at radius 1 is 1.16 bits per heavy atom. The molecule has 5 heteroatoms. The van der Waals surface area contributed by atoms with E-state index < -0.39 is 0 Å². The molecule has 5 nitrogen and oxygen atoms in total. The van der Waals surface area contributed by atoms with Gasteiger partial charge < -0.3 is 15.0 Å². The lowest BCUT2D eigenvalue weighted by atomic mass is 9.87. The summed E-state index contributed by atoms with van der Waals surface area (Å²) in [6, 6.07) is 14.3. The number of aryl methyl sites for hydroxylation is 1. The quantitative estimate of drug-likeness (QED) is 0.736. The van der Waals surface area contributed by atoms with Crippen LogP contribution in [-0.2, 0) is 16.0 Å². The normalized spacial score (nSPS) is 17.9. The lowest BCUT2D eigenvalue weighted by Gasteiger charge is -2.38. The molecule has 2 aliphatic rings. The number of fused-ring (bicyclic) bond motifs is 1. The molecule has 1 unspecified atom stereocenters. The second-order valence-electron chi connectivity index (χ2n) is 9.22. The van der Waals surface area contributed by atoms with Gasteiger partial charge in [0.25, 0.3) is 5.91 Å². The van der Waals surface area contributed by atoms with Gasteiger partial charge in [0.15, 0.2) is 6.61 Å². The Morgan fingerprint density at radius 3 is 2.68 bits per heavy atom. The van der Waals surface area contributed by atoms with Crippen molar-refractivity contribution in [1.29, 1.82) is 0 Å². The highest BCUT2D eigenvalue weighted by Gasteiger charge is 2.39. The molecule has 0 bridgehead atoms. The third-order valence-electron chi connectivity index (χ3n) is 5.99. The highest BCUT2D eigenvalue weighted by Crippen LogP contribution is 2.41. The van der Waals surface area contributed by atoms with E-state index in [-0.39, 0.29) is 30.4 Å². The van der Waals surface area contributed by atoms with Gasteiger partial charge in [0, 0.05) is 19.0 Å². The molecule has 4 rings (SSSR count). The van der Waals surface area contributed by atoms with Crippen molar-refractivity contribution in [3.63, 3.8) is 0 Å². The van der Waals surface area contributed by atoms with Crippen LogP contribution < -0.4 is 10.1 Å². The summed E-state index contributed by atoms with van der Waals surface area (Å²) in [5.41, 5.74) is 4.65. The average Bonchev–Trinajstić information content (AvgIpc) is 3.60. The van der Waals surface area contributed by atoms with E-state index in [1.54, 1.807) is 0 Å². The highest BCUT2D eigenvalue weighted by atomic mass is 16.5. The fraction of sp³-hybridized carbons (Fsp3) is 0.462. The number of benzene rings is 2. The summed E-state index contributed by atoms with van der Waals surface area (Å²) in [6.07, 6.45) is 2.83. The van der Waals surface area contributed by atoms with Crippen LogP contribution in [0, 0.1) is 18.8 Å². The first-order valence-electron chi connectivity index (χ1n) is 11.3. The van der Waals surface area contributed by atoms with Crippen LogP contribution in [0.1, 0.15) is 55.0 Å². The zero-order valence-corrected chi connectivity index (χ0v) is 18.7. The molecule has 0 aromatic heterocycles. The van der Waals surface area contributed by atoms with Gasteiger partial charge in [-0.15, -0.1) is 0 Å². The average molecular weight is 421 g/mol. The Morgan fingerprint density at radius 2 is 1.97 bits per heavy atom. The minimum absolute atomic E-state index is 0.00859. The number of amides is 2. The fourth-order valence-corrected chi connectivity index (χ4v) is 4.20. The molecule has 0 saturated heterocycles. The molecule has 2 aromatic rings. The van der Waals surface area contributed by atoms with Gasteiger partial charge in [0.1, 0.15) is 5.75 Å². The SMILES string of the molecule is Cc1cccc(C2c3cc(OCC(=O)NCC(C)C)ccc3CCN2C(=O)C2CC2)c1. The first-order chi connectivity index (χ1) is 14.9. The number of carbonyl (C=O) groups excluding carboxylic acids is 2. The molecule has 164 valence electrons. The fourth-order valence-electron chi connectivity index (χ4n) is 4.20. The number of ether oxygens (including phenoxy) is 1. The molecule has 0 radical (unpaired) electrons. The van der Waals surface area contributed by atoms with Crippen molar-refractivity contribution < 1.29 is 14.3 Å². The summed E-state index contributed by atoms with van der Waals surface area (Å²) >= 11 is 0. The van der Waals surface area contributed by atoms with Gasteiger partial charge in [-0.3, -0.25) is 9.59 Å². The monoisotopic (exact) mass is 420 g/mol. The zero-order chi connectivity index (χ0) is 22.0. The van der Waals surface area contributed by atoms with Gasteiger partial charge in [0.05, 0.1) is 6.04 Å². The van der Waals surface area contributed by atoms with Crippen molar-refractivity contribution in [1.82, 2.24) is 10.2 Å². The predicted octanol–water partition coefficient (Wildman–Crippen LogP) is 4.03. The molecule has 0 spiro atoms. The molecular weight excluding hydrogens is 388 g/mol. The van der Waals surface area contributed by atoms with Crippen LogP contribution in [0.2, 0.25) is 0 Å². The van der Waals surface area contributed by atoms with E-state index in [0.29, 0.717) is 18.2 Å². The lowest BCUT2D eigenvalue weighted by Crippen LogP contribution is -2.41. The van der Waals surface area contributed by atoms with Crippen molar-refractivity contribution in [3.05, 3.63) is 64.7 Å². The zero-order valence-electron chi connectivity index (χ0n) is 18.7. The van der Waals surface area contributed by atoms with Crippen molar-refractivity contribution in [2.24, 2.45) is 11.8 Å². The first kappa shape index (κ1) is 21.4. The van der Waals surface area contributed by atoms with E-state index >= 15 is 0 Å². The van der Waals surface area contributed by atoms with E-state index in [1.165, 1.54) is 11.1 Å². The standard InChI is InChI=1S/C26H32N2O3/c1-17(2)15-27-24(29)16-31-22-10-9-19-11-12-28(26(30)20-7-8-20)25(23(19)14-22)21-6-4-5-18(3)13-21/h4-6,9-10,13-14,17,20,25H,7-8,11-12,15-16H2,1-3H3,(H,27,29). The third-order valence-corrected chi connectivity index (χ3v) is 5.99. The number of nitrogens with one attached hydrogen (secondary N) is 1. The van der Waals surface area contributed by atoms with Gasteiger partial charge in [-0.1, -0.05) is 49.7 Å². The topological polar surface area (TPSA) is 58.6 Å². The Balaban J connectivity index is 1.60. The predicted molar refractivity (Wildman–Crippen MR) is 121 cm³/mol. The van der Waals surface area contributed by atoms with Crippen molar-refractivity contribution in [2.45, 2.75) is 46.1 Å². The second kappa shape index (κ2) is 9.13. The molecule has 1 saturated carbocycles. The van der Waals surface area contributed by atoms with Gasteiger partial charge in [0.2, 0.25) is 5.91 Å². The number of hydrogen-bond acceptors (Lipinski definition) is 3. The first-order valence-corrected chi connectivity index (χ1v) is 11.3. The van der Waals surface area contributed by atoms with Gasteiger partial charge in [-0.25, -0.2) is 0 Å². The lowest BCUT2D eigenvalue weighted by molar-refractivity contribution is -0.134. The number of hydrogen-bond donors (Lipinski definition) is 1. The van der Waals surface area contributed by atoms with Crippen molar-refractivity contribution >= 4 is 11.8 Å². The highest BCUT2D eigenvalue weighted by molar-refractivity contribution is 5.82. The van der Waals surface area contributed by atoms with Crippen LogP contribution in [0.5, 0.6) is 5.75 Å². The molecule has 1 atom stereocenters. The number of nitrogens with zero attached hydrogens (tertiary/aromatic N) is 1. The Labute approximate surface area is 184 Å². The summed E-state index contributed by atoms with van der Waals surface area (Å²) < 4.78 is 5.81. The molecule has 31 heavy (non-hydrogen) atoms. The van der Waals surface area contributed by atoms with Crippen molar-refractivity contribution in [2.75, 3.05) is 19.7 Å². The van der Waals surface area contributed by atoms with Gasteiger partial charge >= 0.3 is 0 Å². The van der Waals surface area contributed by atoms with Crippen LogP contribution >= 0.6 is 0 Å². The van der Waals surface area contributed by atoms with Crippen LogP contribution in [0.15, 0.2) is 42.5 Å². The summed E-state index contributed by atoms with van der Waals surface area (Å²) in [7, 11) is 0. The van der Waals surface area contributed by atoms with E-state index in [4.69, 9.17) is 4.74 Å². The molecule has 1 heterocycles. The van der Waals surface area contributed by atoms with Crippen LogP contribution in [0.4, 0.5) is 0 Å². The van der Waals surface area contributed by atoms with Crippen LogP contribution in [0.3, 0.4) is 0 Å². The maximum Gasteiger partial charge on any atom is 0.257 e. The second-order valence-corrected chi connectivity index (χ2v) is 9.22. The Bertz CT molecular complexity index is 965. The minimum atomic E-state index is -0.118. The minimum Gasteiger partial charge on any atom is -0.484 e. The smallest absolute Gasteiger partial charge is 0.257 e. The van der Waals surface area contributed by atoms with Crippen molar-refractivity contribution in [3.8, 4) is 5.75 Å². The molecule has 2 aromatic carbocycles. The van der Waals surface area contributed by atoms with Gasteiger partial charge in [-0.2, -0.15) is 0 Å². The Kier molecular flexibility index (Phi) is 6.30. The maximum absolute atomic E-state index is 13.1. The largest absolute Gasteiger partial charge is 0.484 e. The van der Waals surface area contributed by atoms with Crippen LogP contribution in [0.25, 0.3) is 0 Å². The van der Waals surface area contributed by atoms with E-state index in [0.717, 1.165) is 36.9 Å². The van der Waals surface area contributed by atoms with E-state index in [1.807, 2.05) is 17.0 Å².